The van der Waals surface area contributed by atoms with Crippen molar-refractivity contribution in [1.82, 2.24) is 9.55 Å². The minimum atomic E-state index is 0.650. The number of rotatable bonds is 3. The van der Waals surface area contributed by atoms with Gasteiger partial charge in [0.25, 0.3) is 0 Å². The van der Waals surface area contributed by atoms with Crippen LogP contribution in [0.5, 0.6) is 0 Å². The predicted molar refractivity (Wildman–Crippen MR) is 79.4 cm³/mol. The molecule has 2 aliphatic rings. The lowest BCUT2D eigenvalue weighted by atomic mass is 9.87. The largest absolute Gasteiger partial charge is 0.353 e. The highest BCUT2D eigenvalue weighted by Gasteiger charge is 2.22. The summed E-state index contributed by atoms with van der Waals surface area (Å²) < 4.78 is 2.40. The molecule has 3 rings (SSSR count). The topological polar surface area (TPSA) is 29.9 Å². The van der Waals surface area contributed by atoms with Gasteiger partial charge in [-0.1, -0.05) is 26.2 Å². The smallest absolute Gasteiger partial charge is 0.203 e. The number of hydrogen-bond donors (Lipinski definition) is 1. The lowest BCUT2D eigenvalue weighted by molar-refractivity contribution is 0.290. The Morgan fingerprint density at radius 3 is 2.53 bits per heavy atom. The Bertz CT molecular complexity index is 384. The van der Waals surface area contributed by atoms with Crippen molar-refractivity contribution < 1.29 is 0 Å². The maximum atomic E-state index is 4.56. The molecule has 0 amide bonds. The lowest BCUT2D eigenvalue weighted by Crippen LogP contribution is -2.26. The van der Waals surface area contributed by atoms with Gasteiger partial charge in [-0.05, 0) is 44.4 Å². The molecule has 1 aromatic heterocycles. The summed E-state index contributed by atoms with van der Waals surface area (Å²) in [6.07, 6.45) is 16.3. The number of nitrogens with one attached hydrogen (secondary N) is 1. The monoisotopic (exact) mass is 261 g/mol. The molecule has 0 aliphatic heterocycles. The molecular formula is C16H27N3. The van der Waals surface area contributed by atoms with Gasteiger partial charge < -0.3 is 9.88 Å². The van der Waals surface area contributed by atoms with Gasteiger partial charge in [0.15, 0.2) is 0 Å². The summed E-state index contributed by atoms with van der Waals surface area (Å²) in [7, 11) is 0. The molecule has 2 aliphatic carbocycles. The van der Waals surface area contributed by atoms with Crippen LogP contribution in [0.15, 0.2) is 12.4 Å². The number of nitrogens with zero attached hydrogens (tertiary/aromatic N) is 2. The summed E-state index contributed by atoms with van der Waals surface area (Å²) in [6.45, 7) is 2.38. The van der Waals surface area contributed by atoms with E-state index < -0.39 is 0 Å². The van der Waals surface area contributed by atoms with Gasteiger partial charge >= 0.3 is 0 Å². The molecular weight excluding hydrogens is 234 g/mol. The van der Waals surface area contributed by atoms with Gasteiger partial charge in [0.2, 0.25) is 5.95 Å². The molecule has 0 unspecified atom stereocenters. The molecule has 0 atom stereocenters. The fourth-order valence-electron chi connectivity index (χ4n) is 3.67. The van der Waals surface area contributed by atoms with Crippen molar-refractivity contribution in [2.75, 3.05) is 5.32 Å². The van der Waals surface area contributed by atoms with Gasteiger partial charge in [0.1, 0.15) is 0 Å². The second kappa shape index (κ2) is 5.98. The molecule has 3 nitrogen and oxygen atoms in total. The Balaban J connectivity index is 1.64. The van der Waals surface area contributed by atoms with E-state index in [2.05, 4.69) is 28.0 Å². The van der Waals surface area contributed by atoms with Gasteiger partial charge in [-0.25, -0.2) is 4.98 Å². The highest BCUT2D eigenvalue weighted by atomic mass is 15.2. The van der Waals surface area contributed by atoms with Crippen LogP contribution in [0.25, 0.3) is 0 Å². The van der Waals surface area contributed by atoms with Crippen molar-refractivity contribution in [3.05, 3.63) is 12.4 Å². The van der Waals surface area contributed by atoms with Gasteiger partial charge in [0.05, 0.1) is 0 Å². The normalized spacial score (nSPS) is 29.3. The van der Waals surface area contributed by atoms with Crippen molar-refractivity contribution in [2.24, 2.45) is 5.92 Å². The maximum absolute atomic E-state index is 4.56. The van der Waals surface area contributed by atoms with Crippen LogP contribution in [0.4, 0.5) is 5.95 Å². The molecule has 1 heterocycles. The Labute approximate surface area is 116 Å². The first-order valence-electron chi connectivity index (χ1n) is 8.12. The number of hydrogen-bond acceptors (Lipinski definition) is 2. The summed E-state index contributed by atoms with van der Waals surface area (Å²) in [5.41, 5.74) is 0. The second-order valence-electron chi connectivity index (χ2n) is 6.55. The van der Waals surface area contributed by atoms with Crippen molar-refractivity contribution in [1.29, 1.82) is 0 Å². The fourth-order valence-corrected chi connectivity index (χ4v) is 3.67. The highest BCUT2D eigenvalue weighted by molar-refractivity contribution is 5.28. The van der Waals surface area contributed by atoms with Gasteiger partial charge in [-0.3, -0.25) is 0 Å². The van der Waals surface area contributed by atoms with E-state index in [-0.39, 0.29) is 0 Å². The third kappa shape index (κ3) is 3.13. The van der Waals surface area contributed by atoms with E-state index >= 15 is 0 Å². The van der Waals surface area contributed by atoms with E-state index in [0.29, 0.717) is 12.1 Å². The molecule has 0 saturated heterocycles. The van der Waals surface area contributed by atoms with Crippen molar-refractivity contribution in [3.8, 4) is 0 Å². The molecule has 106 valence electrons. The zero-order chi connectivity index (χ0) is 13.1. The number of aromatic nitrogens is 2. The summed E-state index contributed by atoms with van der Waals surface area (Å²) in [5.74, 6) is 2.03. The molecule has 1 N–H and O–H groups in total. The van der Waals surface area contributed by atoms with Crippen LogP contribution >= 0.6 is 0 Å². The molecule has 0 aromatic carbocycles. The third-order valence-corrected chi connectivity index (χ3v) is 4.99. The summed E-state index contributed by atoms with van der Waals surface area (Å²) in [4.78, 5) is 4.56. The third-order valence-electron chi connectivity index (χ3n) is 4.99. The predicted octanol–water partition coefficient (Wildman–Crippen LogP) is 4.38. The molecule has 2 saturated carbocycles. The summed E-state index contributed by atoms with van der Waals surface area (Å²) in [6, 6.07) is 1.32. The second-order valence-corrected chi connectivity index (χ2v) is 6.55. The molecule has 19 heavy (non-hydrogen) atoms. The molecule has 2 fully saturated rings. The van der Waals surface area contributed by atoms with E-state index in [0.717, 1.165) is 11.9 Å². The zero-order valence-corrected chi connectivity index (χ0v) is 12.1. The Kier molecular flexibility index (Phi) is 4.09. The van der Waals surface area contributed by atoms with Gasteiger partial charge in [-0.2, -0.15) is 0 Å². The standard InChI is InChI=1S/C16H27N3/c1-13-7-9-15(10-8-13)19-12-11-17-16(19)18-14-5-3-2-4-6-14/h11-15H,2-10H2,1H3,(H,17,18). The lowest BCUT2D eigenvalue weighted by Gasteiger charge is -2.30. The Morgan fingerprint density at radius 1 is 1.05 bits per heavy atom. The highest BCUT2D eigenvalue weighted by Crippen LogP contribution is 2.33. The fraction of sp³-hybridized carbons (Fsp3) is 0.812. The summed E-state index contributed by atoms with van der Waals surface area (Å²) >= 11 is 0. The summed E-state index contributed by atoms with van der Waals surface area (Å²) in [5, 5.41) is 3.69. The molecule has 1 aromatic rings. The van der Waals surface area contributed by atoms with Crippen molar-refractivity contribution >= 4 is 5.95 Å². The average Bonchev–Trinajstić information content (AvgIpc) is 2.89. The minimum Gasteiger partial charge on any atom is -0.353 e. The molecule has 0 bridgehead atoms. The van der Waals surface area contributed by atoms with Crippen molar-refractivity contribution in [2.45, 2.75) is 76.8 Å². The maximum Gasteiger partial charge on any atom is 0.203 e. The molecule has 3 heteroatoms. The molecule has 0 radical (unpaired) electrons. The van der Waals surface area contributed by atoms with Crippen LogP contribution in [0.1, 0.15) is 70.8 Å². The van der Waals surface area contributed by atoms with Crippen LogP contribution in [0.2, 0.25) is 0 Å². The van der Waals surface area contributed by atoms with E-state index in [9.17, 15) is 0 Å². The first kappa shape index (κ1) is 13.0. The quantitative estimate of drug-likeness (QED) is 0.875. The van der Waals surface area contributed by atoms with Crippen LogP contribution in [-0.2, 0) is 0 Å². The van der Waals surface area contributed by atoms with Crippen LogP contribution in [-0.4, -0.2) is 15.6 Å². The number of anilines is 1. The van der Waals surface area contributed by atoms with Gasteiger partial charge in [0, 0.05) is 24.5 Å². The van der Waals surface area contributed by atoms with Gasteiger partial charge in [-0.15, -0.1) is 0 Å². The first-order chi connectivity index (χ1) is 9.33. The minimum absolute atomic E-state index is 0.650. The molecule has 0 spiro atoms. The van der Waals surface area contributed by atoms with E-state index in [4.69, 9.17) is 0 Å². The average molecular weight is 261 g/mol. The Morgan fingerprint density at radius 2 is 1.79 bits per heavy atom. The zero-order valence-electron chi connectivity index (χ0n) is 12.1. The van der Waals surface area contributed by atoms with Crippen LogP contribution < -0.4 is 5.32 Å². The SMILES string of the molecule is CC1CCC(n2ccnc2NC2CCCCC2)CC1. The van der Waals surface area contributed by atoms with E-state index in [1.54, 1.807) is 0 Å². The number of imidazole rings is 1. The van der Waals surface area contributed by atoms with Crippen LogP contribution in [0, 0.1) is 5.92 Å². The Hall–Kier alpha value is -0.990. The van der Waals surface area contributed by atoms with Crippen molar-refractivity contribution in [3.63, 3.8) is 0 Å². The first-order valence-corrected chi connectivity index (χ1v) is 8.12. The van der Waals surface area contributed by atoms with E-state index in [1.165, 1.54) is 57.8 Å². The van der Waals surface area contributed by atoms with E-state index in [1.807, 2.05) is 6.20 Å². The van der Waals surface area contributed by atoms with Crippen LogP contribution in [0.3, 0.4) is 0 Å².